The van der Waals surface area contributed by atoms with Gasteiger partial charge in [-0.05, 0) is 13.0 Å². The van der Waals surface area contributed by atoms with Gasteiger partial charge in [-0.15, -0.1) is 24.0 Å². The fourth-order valence-corrected chi connectivity index (χ4v) is 1.42. The van der Waals surface area contributed by atoms with Gasteiger partial charge in [0.2, 0.25) is 5.88 Å². The van der Waals surface area contributed by atoms with Crippen molar-refractivity contribution in [1.82, 2.24) is 10.3 Å². The summed E-state index contributed by atoms with van der Waals surface area (Å²) in [6, 6.07) is 5.65. The quantitative estimate of drug-likeness (QED) is 0.440. The number of hydrogen-bond acceptors (Lipinski definition) is 4. The van der Waals surface area contributed by atoms with E-state index in [1.165, 1.54) is 0 Å². The number of nitrogens with two attached hydrogens (primary N) is 1. The van der Waals surface area contributed by atoms with Gasteiger partial charge in [-0.3, -0.25) is 0 Å². The van der Waals surface area contributed by atoms with Gasteiger partial charge in [-0.2, -0.15) is 0 Å². The van der Waals surface area contributed by atoms with Crippen molar-refractivity contribution < 1.29 is 9.47 Å². The molecule has 0 fully saturated rings. The summed E-state index contributed by atoms with van der Waals surface area (Å²) in [7, 11) is 3.23. The Morgan fingerprint density at radius 2 is 2.21 bits per heavy atom. The average molecular weight is 380 g/mol. The normalized spacial score (nSPS) is 12.5. The molecule has 7 heteroatoms. The smallest absolute Gasteiger partial charge is 0.213 e. The second-order valence-electron chi connectivity index (χ2n) is 3.87. The molecule has 0 spiro atoms. The molecular weight excluding hydrogens is 359 g/mol. The van der Waals surface area contributed by atoms with Crippen LogP contribution in [0.1, 0.15) is 12.6 Å². The lowest BCUT2D eigenvalue weighted by atomic mass is 10.3. The molecule has 1 aromatic heterocycles. The predicted octanol–water partition coefficient (Wildman–Crippen LogP) is 1.15. The van der Waals surface area contributed by atoms with Gasteiger partial charge in [0.15, 0.2) is 5.96 Å². The molecule has 3 N–H and O–H groups in total. The molecule has 1 rings (SSSR count). The Kier molecular flexibility index (Phi) is 9.23. The number of aliphatic imine (C=N–C) groups is 1. The van der Waals surface area contributed by atoms with Crippen molar-refractivity contribution in [2.75, 3.05) is 20.8 Å². The molecule has 0 saturated heterocycles. The monoisotopic (exact) mass is 380 g/mol. The highest BCUT2D eigenvalue weighted by Gasteiger charge is 2.02. The second kappa shape index (κ2) is 9.79. The molecule has 0 aromatic carbocycles. The Morgan fingerprint density at radius 1 is 1.47 bits per heavy atom. The van der Waals surface area contributed by atoms with Gasteiger partial charge in [0.1, 0.15) is 0 Å². The number of nitrogens with zero attached hydrogens (tertiary/aromatic N) is 2. The highest BCUT2D eigenvalue weighted by Crippen LogP contribution is 2.07. The fraction of sp³-hybridized carbons (Fsp3) is 0.500. The van der Waals surface area contributed by atoms with E-state index in [1.54, 1.807) is 20.3 Å². The number of hydrogen-bond donors (Lipinski definition) is 2. The van der Waals surface area contributed by atoms with E-state index in [0.717, 1.165) is 5.69 Å². The summed E-state index contributed by atoms with van der Waals surface area (Å²) in [5.41, 5.74) is 6.55. The second-order valence-corrected chi connectivity index (χ2v) is 3.87. The van der Waals surface area contributed by atoms with Crippen molar-refractivity contribution in [2.45, 2.75) is 19.5 Å². The summed E-state index contributed by atoms with van der Waals surface area (Å²) in [5.74, 6) is 0.950. The first-order chi connectivity index (χ1) is 8.65. The molecule has 1 heterocycles. The molecule has 0 aliphatic carbocycles. The van der Waals surface area contributed by atoms with Crippen LogP contribution in [0.15, 0.2) is 23.2 Å². The summed E-state index contributed by atoms with van der Waals surface area (Å²) in [6.07, 6.45) is 0. The SMILES string of the molecule is COCC(C)NC(N)=NCc1cccc(OC)n1.I. The van der Waals surface area contributed by atoms with Crippen LogP contribution in [0.4, 0.5) is 0 Å². The Labute approximate surface area is 130 Å². The molecule has 19 heavy (non-hydrogen) atoms. The maximum atomic E-state index is 5.75. The van der Waals surface area contributed by atoms with Gasteiger partial charge in [0.25, 0.3) is 0 Å². The van der Waals surface area contributed by atoms with Gasteiger partial charge in [0.05, 0.1) is 26.0 Å². The number of nitrogens with one attached hydrogen (secondary N) is 1. The van der Waals surface area contributed by atoms with Crippen LogP contribution in [0.5, 0.6) is 5.88 Å². The van der Waals surface area contributed by atoms with Crippen LogP contribution < -0.4 is 15.8 Å². The highest BCUT2D eigenvalue weighted by atomic mass is 127. The Balaban J connectivity index is 0.00000324. The number of methoxy groups -OCH3 is 2. The first-order valence-electron chi connectivity index (χ1n) is 5.71. The van der Waals surface area contributed by atoms with Crippen LogP contribution in [0.25, 0.3) is 0 Å². The van der Waals surface area contributed by atoms with E-state index in [9.17, 15) is 0 Å². The summed E-state index contributed by atoms with van der Waals surface area (Å²) in [6.45, 7) is 2.96. The summed E-state index contributed by atoms with van der Waals surface area (Å²) < 4.78 is 10.0. The largest absolute Gasteiger partial charge is 0.481 e. The van der Waals surface area contributed by atoms with Crippen LogP contribution in [0.2, 0.25) is 0 Å². The lowest BCUT2D eigenvalue weighted by molar-refractivity contribution is 0.179. The highest BCUT2D eigenvalue weighted by molar-refractivity contribution is 14.0. The number of pyridine rings is 1. The first-order valence-corrected chi connectivity index (χ1v) is 5.71. The molecule has 108 valence electrons. The maximum absolute atomic E-state index is 5.75. The standard InChI is InChI=1S/C12H20N4O2.HI/c1-9(8-17-2)15-12(13)14-7-10-5-4-6-11(16-10)18-3;/h4-6,9H,7-8H2,1-3H3,(H3,13,14,15);1H. The lowest BCUT2D eigenvalue weighted by Gasteiger charge is -2.12. The van der Waals surface area contributed by atoms with Gasteiger partial charge < -0.3 is 20.5 Å². The van der Waals surface area contributed by atoms with Crippen LogP contribution in [-0.2, 0) is 11.3 Å². The molecule has 1 aromatic rings. The summed E-state index contributed by atoms with van der Waals surface area (Å²) in [5, 5.41) is 3.02. The van der Waals surface area contributed by atoms with Crippen LogP contribution in [-0.4, -0.2) is 37.8 Å². The minimum Gasteiger partial charge on any atom is -0.481 e. The van der Waals surface area contributed by atoms with E-state index in [1.807, 2.05) is 19.1 Å². The molecule has 0 aliphatic rings. The zero-order valence-electron chi connectivity index (χ0n) is 11.4. The van der Waals surface area contributed by atoms with E-state index in [2.05, 4.69) is 15.3 Å². The molecule has 0 amide bonds. The lowest BCUT2D eigenvalue weighted by Crippen LogP contribution is -2.40. The van der Waals surface area contributed by atoms with E-state index in [4.69, 9.17) is 15.2 Å². The molecule has 6 nitrogen and oxygen atoms in total. The summed E-state index contributed by atoms with van der Waals surface area (Å²) in [4.78, 5) is 8.44. The number of aromatic nitrogens is 1. The van der Waals surface area contributed by atoms with Gasteiger partial charge in [0, 0.05) is 19.2 Å². The number of ether oxygens (including phenoxy) is 2. The number of guanidine groups is 1. The maximum Gasteiger partial charge on any atom is 0.213 e. The van der Waals surface area contributed by atoms with Crippen molar-refractivity contribution in [3.8, 4) is 5.88 Å². The van der Waals surface area contributed by atoms with Crippen LogP contribution >= 0.6 is 24.0 Å². The third-order valence-corrected chi connectivity index (χ3v) is 2.21. The molecule has 0 radical (unpaired) electrons. The van der Waals surface area contributed by atoms with Crippen molar-refractivity contribution >= 4 is 29.9 Å². The zero-order valence-corrected chi connectivity index (χ0v) is 13.8. The van der Waals surface area contributed by atoms with Gasteiger partial charge >= 0.3 is 0 Å². The predicted molar refractivity (Wildman–Crippen MR) is 86.0 cm³/mol. The Bertz CT molecular complexity index is 401. The van der Waals surface area contributed by atoms with E-state index < -0.39 is 0 Å². The first kappa shape index (κ1) is 17.9. The van der Waals surface area contributed by atoms with Gasteiger partial charge in [-0.25, -0.2) is 9.98 Å². The van der Waals surface area contributed by atoms with E-state index >= 15 is 0 Å². The minimum atomic E-state index is 0. The molecule has 0 aliphatic heterocycles. The minimum absolute atomic E-state index is 0. The number of halogens is 1. The third-order valence-electron chi connectivity index (χ3n) is 2.21. The van der Waals surface area contributed by atoms with E-state index in [-0.39, 0.29) is 30.0 Å². The molecule has 1 unspecified atom stereocenters. The number of rotatable bonds is 6. The average Bonchev–Trinajstić information content (AvgIpc) is 2.37. The van der Waals surface area contributed by atoms with Crippen molar-refractivity contribution in [3.05, 3.63) is 23.9 Å². The van der Waals surface area contributed by atoms with Crippen molar-refractivity contribution in [1.29, 1.82) is 0 Å². The molecule has 0 saturated carbocycles. The van der Waals surface area contributed by atoms with Crippen molar-refractivity contribution in [2.24, 2.45) is 10.7 Å². The zero-order chi connectivity index (χ0) is 13.4. The molecule has 0 bridgehead atoms. The summed E-state index contributed by atoms with van der Waals surface area (Å²) >= 11 is 0. The Morgan fingerprint density at radius 3 is 2.84 bits per heavy atom. The molecule has 1 atom stereocenters. The van der Waals surface area contributed by atoms with Gasteiger partial charge in [-0.1, -0.05) is 6.07 Å². The van der Waals surface area contributed by atoms with E-state index in [0.29, 0.717) is 25.0 Å². The Hall–Kier alpha value is -1.09. The third kappa shape index (κ3) is 7.16. The molecular formula is C12H21IN4O2. The van der Waals surface area contributed by atoms with Crippen molar-refractivity contribution in [3.63, 3.8) is 0 Å². The fourth-order valence-electron chi connectivity index (χ4n) is 1.42. The van der Waals surface area contributed by atoms with Crippen LogP contribution in [0, 0.1) is 0 Å². The van der Waals surface area contributed by atoms with Crippen LogP contribution in [0.3, 0.4) is 0 Å². The topological polar surface area (TPSA) is 81.8 Å².